The first-order chi connectivity index (χ1) is 10.1. The minimum Gasteiger partial charge on any atom is -0.374 e. The summed E-state index contributed by atoms with van der Waals surface area (Å²) in [5.41, 5.74) is 3.28. The van der Waals surface area contributed by atoms with Gasteiger partial charge in [-0.25, -0.2) is 0 Å². The average molecular weight is 346 g/mol. The molecule has 3 heteroatoms. The van der Waals surface area contributed by atoms with Crippen LogP contribution in [0.1, 0.15) is 28.8 Å². The Hall–Kier alpha value is -1.61. The highest BCUT2D eigenvalue weighted by atomic mass is 79.9. The summed E-state index contributed by atoms with van der Waals surface area (Å²) in [4.78, 5) is 14.3. The number of anilines is 1. The maximum Gasteiger partial charge on any atom is 0.162 e. The fraction of sp³-hybridized carbons (Fsp3) is 0.278. The van der Waals surface area contributed by atoms with Gasteiger partial charge in [0, 0.05) is 35.7 Å². The van der Waals surface area contributed by atoms with Crippen LogP contribution in [0, 0.1) is 6.92 Å². The number of ketones is 1. The number of aryl methyl sites for hydroxylation is 1. The van der Waals surface area contributed by atoms with Crippen LogP contribution in [0.4, 0.5) is 5.69 Å². The van der Waals surface area contributed by atoms with Gasteiger partial charge in [0.2, 0.25) is 0 Å². The molecule has 0 N–H and O–H groups in total. The topological polar surface area (TPSA) is 20.3 Å². The first-order valence-electron chi connectivity index (χ1n) is 7.13. The number of carbonyl (C=O) groups excluding carboxylic acids is 1. The van der Waals surface area contributed by atoms with Crippen molar-refractivity contribution in [1.29, 1.82) is 0 Å². The lowest BCUT2D eigenvalue weighted by Crippen LogP contribution is -2.20. The molecule has 0 aromatic heterocycles. The van der Waals surface area contributed by atoms with Gasteiger partial charge in [-0.1, -0.05) is 46.3 Å². The predicted octanol–water partition coefficient (Wildman–Crippen LogP) is 4.86. The van der Waals surface area contributed by atoms with Crippen molar-refractivity contribution in [2.75, 3.05) is 18.5 Å². The zero-order chi connectivity index (χ0) is 15.2. The lowest BCUT2D eigenvalue weighted by atomic mass is 10.1. The van der Waals surface area contributed by atoms with Crippen LogP contribution in [-0.2, 0) is 0 Å². The second kappa shape index (κ2) is 7.41. The zero-order valence-electron chi connectivity index (χ0n) is 12.5. The molecule has 0 saturated carbocycles. The van der Waals surface area contributed by atoms with Gasteiger partial charge >= 0.3 is 0 Å². The number of halogens is 1. The molecule has 2 aromatic carbocycles. The summed E-state index contributed by atoms with van der Waals surface area (Å²) in [6, 6.07) is 15.9. The van der Waals surface area contributed by atoms with E-state index in [1.807, 2.05) is 36.4 Å². The van der Waals surface area contributed by atoms with E-state index in [9.17, 15) is 4.79 Å². The lowest BCUT2D eigenvalue weighted by molar-refractivity contribution is 0.0981. The number of nitrogens with zero attached hydrogens (tertiary/aromatic N) is 1. The Labute approximate surface area is 134 Å². The van der Waals surface area contributed by atoms with Crippen molar-refractivity contribution >= 4 is 27.4 Å². The maximum atomic E-state index is 12.1. The molecule has 2 rings (SSSR count). The first kappa shape index (κ1) is 15.8. The molecule has 0 heterocycles. The highest BCUT2D eigenvalue weighted by Crippen LogP contribution is 2.18. The van der Waals surface area contributed by atoms with E-state index in [-0.39, 0.29) is 5.78 Å². The van der Waals surface area contributed by atoms with Gasteiger partial charge in [0.05, 0.1) is 0 Å². The quantitative estimate of drug-likeness (QED) is 0.697. The van der Waals surface area contributed by atoms with Crippen molar-refractivity contribution in [3.05, 3.63) is 64.1 Å². The van der Waals surface area contributed by atoms with Gasteiger partial charge in [0.25, 0.3) is 0 Å². The van der Waals surface area contributed by atoms with Crippen LogP contribution in [0.3, 0.4) is 0 Å². The maximum absolute atomic E-state index is 12.1. The zero-order valence-corrected chi connectivity index (χ0v) is 14.1. The molecule has 0 radical (unpaired) electrons. The van der Waals surface area contributed by atoms with E-state index in [0.717, 1.165) is 23.0 Å². The van der Waals surface area contributed by atoms with E-state index in [1.54, 1.807) is 0 Å². The Morgan fingerprint density at radius 3 is 2.43 bits per heavy atom. The number of hydrogen-bond acceptors (Lipinski definition) is 2. The highest BCUT2D eigenvalue weighted by Gasteiger charge is 2.08. The number of Topliss-reactive ketones (excluding diaryl/α,β-unsaturated/α-hetero) is 1. The Balaban J connectivity index is 1.85. The number of para-hydroxylation sites is 1. The monoisotopic (exact) mass is 345 g/mol. The second-order valence-corrected chi connectivity index (χ2v) is 6.16. The van der Waals surface area contributed by atoms with Gasteiger partial charge in [-0.15, -0.1) is 0 Å². The Morgan fingerprint density at radius 2 is 1.76 bits per heavy atom. The molecule has 0 aliphatic rings. The molecule has 0 spiro atoms. The normalized spacial score (nSPS) is 10.4. The molecule has 0 unspecified atom stereocenters. The van der Waals surface area contributed by atoms with Crippen molar-refractivity contribution in [3.8, 4) is 0 Å². The number of carbonyl (C=O) groups is 1. The average Bonchev–Trinajstić information content (AvgIpc) is 2.48. The highest BCUT2D eigenvalue weighted by molar-refractivity contribution is 9.10. The molecule has 0 amide bonds. The van der Waals surface area contributed by atoms with E-state index < -0.39 is 0 Å². The molecule has 0 fully saturated rings. The van der Waals surface area contributed by atoms with Gasteiger partial charge in [-0.05, 0) is 37.1 Å². The third kappa shape index (κ3) is 4.43. The minimum atomic E-state index is 0.209. The third-order valence-electron chi connectivity index (χ3n) is 3.59. The van der Waals surface area contributed by atoms with Crippen molar-refractivity contribution in [2.45, 2.75) is 19.8 Å². The molecule has 110 valence electrons. The minimum absolute atomic E-state index is 0.209. The lowest BCUT2D eigenvalue weighted by Gasteiger charge is -2.21. The van der Waals surface area contributed by atoms with Crippen LogP contribution in [0.25, 0.3) is 0 Å². The van der Waals surface area contributed by atoms with Crippen LogP contribution < -0.4 is 4.90 Å². The van der Waals surface area contributed by atoms with Gasteiger partial charge < -0.3 is 4.90 Å². The Kier molecular flexibility index (Phi) is 5.57. The number of hydrogen-bond donors (Lipinski definition) is 0. The van der Waals surface area contributed by atoms with Crippen molar-refractivity contribution in [3.63, 3.8) is 0 Å². The largest absolute Gasteiger partial charge is 0.374 e. The van der Waals surface area contributed by atoms with Crippen LogP contribution in [0.2, 0.25) is 0 Å². The molecular formula is C18H20BrNO. The Morgan fingerprint density at radius 1 is 1.10 bits per heavy atom. The summed E-state index contributed by atoms with van der Waals surface area (Å²) in [5, 5.41) is 0. The van der Waals surface area contributed by atoms with Gasteiger partial charge in [-0.2, -0.15) is 0 Å². The smallest absolute Gasteiger partial charge is 0.162 e. The summed E-state index contributed by atoms with van der Waals surface area (Å²) in [6.45, 7) is 2.99. The number of rotatable bonds is 6. The SMILES string of the molecule is Cc1ccccc1N(C)CCCC(=O)c1ccc(Br)cc1. The third-order valence-corrected chi connectivity index (χ3v) is 4.12. The standard InChI is InChI=1S/C18H20BrNO/c1-14-6-3-4-7-17(14)20(2)13-5-8-18(21)15-9-11-16(19)12-10-15/h3-4,6-7,9-12H,5,8,13H2,1-2H3. The van der Waals surface area contributed by atoms with E-state index >= 15 is 0 Å². The molecule has 0 bridgehead atoms. The summed E-state index contributed by atoms with van der Waals surface area (Å²) in [6.07, 6.45) is 1.44. The van der Waals surface area contributed by atoms with Gasteiger partial charge in [-0.3, -0.25) is 4.79 Å². The van der Waals surface area contributed by atoms with Crippen LogP contribution in [0.5, 0.6) is 0 Å². The summed E-state index contributed by atoms with van der Waals surface area (Å²) < 4.78 is 0.998. The second-order valence-electron chi connectivity index (χ2n) is 5.24. The van der Waals surface area contributed by atoms with Crippen molar-refractivity contribution in [2.24, 2.45) is 0 Å². The first-order valence-corrected chi connectivity index (χ1v) is 7.93. The molecule has 0 atom stereocenters. The van der Waals surface area contributed by atoms with E-state index in [2.05, 4.69) is 46.9 Å². The van der Waals surface area contributed by atoms with E-state index in [0.29, 0.717) is 6.42 Å². The molecule has 2 nitrogen and oxygen atoms in total. The molecule has 21 heavy (non-hydrogen) atoms. The summed E-state index contributed by atoms with van der Waals surface area (Å²) in [5.74, 6) is 0.209. The van der Waals surface area contributed by atoms with E-state index in [4.69, 9.17) is 0 Å². The summed E-state index contributed by atoms with van der Waals surface area (Å²) >= 11 is 3.38. The Bertz CT molecular complexity index is 607. The fourth-order valence-corrected chi connectivity index (χ4v) is 2.63. The number of benzene rings is 2. The predicted molar refractivity (Wildman–Crippen MR) is 92.2 cm³/mol. The fourth-order valence-electron chi connectivity index (χ4n) is 2.37. The van der Waals surface area contributed by atoms with Crippen LogP contribution >= 0.6 is 15.9 Å². The molecular weight excluding hydrogens is 326 g/mol. The van der Waals surface area contributed by atoms with Crippen LogP contribution in [-0.4, -0.2) is 19.4 Å². The van der Waals surface area contributed by atoms with Crippen molar-refractivity contribution < 1.29 is 4.79 Å². The molecule has 2 aromatic rings. The molecule has 0 aliphatic carbocycles. The van der Waals surface area contributed by atoms with Gasteiger partial charge in [0.1, 0.15) is 0 Å². The van der Waals surface area contributed by atoms with Crippen LogP contribution in [0.15, 0.2) is 53.0 Å². The van der Waals surface area contributed by atoms with Gasteiger partial charge in [0.15, 0.2) is 5.78 Å². The van der Waals surface area contributed by atoms with Crippen molar-refractivity contribution in [1.82, 2.24) is 0 Å². The van der Waals surface area contributed by atoms with E-state index in [1.165, 1.54) is 11.3 Å². The molecule has 0 saturated heterocycles. The molecule has 0 aliphatic heterocycles. The summed E-state index contributed by atoms with van der Waals surface area (Å²) in [7, 11) is 2.08.